The molecule has 0 saturated carbocycles. The molecule has 0 aliphatic heterocycles. The number of carbonyl (C=O) groups excluding carboxylic acids is 1. The minimum absolute atomic E-state index is 0.00608. The first kappa shape index (κ1) is 15.2. The standard InChI is InChI=1S/C13H20N2O4/c1-4-15(5-2)12(16)9(3)14-8-11-10(13(17)18)6-7-19-11/h6-7,9,14H,4-5,8H2,1-3H3,(H,17,18). The van der Waals surface area contributed by atoms with Crippen molar-refractivity contribution in [3.8, 4) is 0 Å². The molecular weight excluding hydrogens is 248 g/mol. The smallest absolute Gasteiger partial charge is 0.339 e. The maximum Gasteiger partial charge on any atom is 0.339 e. The van der Waals surface area contributed by atoms with Crippen LogP contribution in [0.25, 0.3) is 0 Å². The van der Waals surface area contributed by atoms with Crippen molar-refractivity contribution in [3.63, 3.8) is 0 Å². The second-order valence-electron chi connectivity index (χ2n) is 4.18. The summed E-state index contributed by atoms with van der Waals surface area (Å²) in [6, 6.07) is 1.02. The number of likely N-dealkylation sites (N-methyl/N-ethyl adjacent to an activating group) is 1. The van der Waals surface area contributed by atoms with E-state index in [0.29, 0.717) is 18.8 Å². The molecule has 6 heteroatoms. The van der Waals surface area contributed by atoms with Gasteiger partial charge in [0.1, 0.15) is 11.3 Å². The van der Waals surface area contributed by atoms with E-state index in [4.69, 9.17) is 9.52 Å². The highest BCUT2D eigenvalue weighted by molar-refractivity contribution is 5.88. The number of rotatable bonds is 7. The minimum atomic E-state index is -1.03. The number of nitrogens with zero attached hydrogens (tertiary/aromatic N) is 1. The van der Waals surface area contributed by atoms with Crippen LogP contribution in [-0.2, 0) is 11.3 Å². The van der Waals surface area contributed by atoms with Crippen molar-refractivity contribution >= 4 is 11.9 Å². The Morgan fingerprint density at radius 3 is 2.58 bits per heavy atom. The van der Waals surface area contributed by atoms with Crippen LogP contribution in [-0.4, -0.2) is 41.0 Å². The quantitative estimate of drug-likeness (QED) is 0.779. The van der Waals surface area contributed by atoms with Gasteiger partial charge in [0.15, 0.2) is 0 Å². The van der Waals surface area contributed by atoms with Gasteiger partial charge in [-0.15, -0.1) is 0 Å². The molecule has 0 aliphatic carbocycles. The molecule has 19 heavy (non-hydrogen) atoms. The number of carbonyl (C=O) groups is 2. The SMILES string of the molecule is CCN(CC)C(=O)C(C)NCc1occc1C(=O)O. The molecule has 1 heterocycles. The lowest BCUT2D eigenvalue weighted by Crippen LogP contribution is -2.44. The van der Waals surface area contributed by atoms with E-state index in [1.54, 1.807) is 11.8 Å². The van der Waals surface area contributed by atoms with Crippen molar-refractivity contribution in [1.29, 1.82) is 0 Å². The summed E-state index contributed by atoms with van der Waals surface area (Å²) in [4.78, 5) is 24.6. The van der Waals surface area contributed by atoms with Gasteiger partial charge in [-0.2, -0.15) is 0 Å². The van der Waals surface area contributed by atoms with Crippen LogP contribution in [0.3, 0.4) is 0 Å². The molecule has 0 bridgehead atoms. The fraction of sp³-hybridized carbons (Fsp3) is 0.538. The van der Waals surface area contributed by atoms with E-state index in [2.05, 4.69) is 5.32 Å². The summed E-state index contributed by atoms with van der Waals surface area (Å²) in [6.07, 6.45) is 1.33. The van der Waals surface area contributed by atoms with E-state index in [1.807, 2.05) is 13.8 Å². The second-order valence-corrected chi connectivity index (χ2v) is 4.18. The zero-order chi connectivity index (χ0) is 14.4. The number of aromatic carboxylic acids is 1. The summed E-state index contributed by atoms with van der Waals surface area (Å²) in [5.74, 6) is -0.714. The zero-order valence-corrected chi connectivity index (χ0v) is 11.5. The van der Waals surface area contributed by atoms with E-state index < -0.39 is 5.97 Å². The van der Waals surface area contributed by atoms with Crippen LogP contribution in [0.2, 0.25) is 0 Å². The van der Waals surface area contributed by atoms with Crippen LogP contribution in [0, 0.1) is 0 Å². The summed E-state index contributed by atoms with van der Waals surface area (Å²) in [5.41, 5.74) is 0.120. The van der Waals surface area contributed by atoms with E-state index in [1.165, 1.54) is 12.3 Å². The molecule has 0 spiro atoms. The van der Waals surface area contributed by atoms with Crippen LogP contribution in [0.4, 0.5) is 0 Å². The molecule has 1 amide bonds. The fourth-order valence-electron chi connectivity index (χ4n) is 1.81. The number of amides is 1. The summed E-state index contributed by atoms with van der Waals surface area (Å²) in [5, 5.41) is 11.9. The van der Waals surface area contributed by atoms with Gasteiger partial charge >= 0.3 is 5.97 Å². The highest BCUT2D eigenvalue weighted by Gasteiger charge is 2.19. The second kappa shape index (κ2) is 6.94. The third kappa shape index (κ3) is 3.82. The van der Waals surface area contributed by atoms with Crippen LogP contribution in [0.15, 0.2) is 16.7 Å². The molecule has 0 aliphatic rings. The summed E-state index contributed by atoms with van der Waals surface area (Å²) in [7, 11) is 0. The van der Waals surface area contributed by atoms with Crippen molar-refractivity contribution in [3.05, 3.63) is 23.7 Å². The van der Waals surface area contributed by atoms with E-state index >= 15 is 0 Å². The normalized spacial score (nSPS) is 12.2. The Morgan fingerprint density at radius 2 is 2.05 bits per heavy atom. The lowest BCUT2D eigenvalue weighted by molar-refractivity contribution is -0.132. The molecule has 0 fully saturated rings. The Hall–Kier alpha value is -1.82. The Morgan fingerprint density at radius 1 is 1.42 bits per heavy atom. The lowest BCUT2D eigenvalue weighted by atomic mass is 10.2. The third-order valence-corrected chi connectivity index (χ3v) is 2.99. The van der Waals surface area contributed by atoms with E-state index in [9.17, 15) is 9.59 Å². The van der Waals surface area contributed by atoms with Gasteiger partial charge in [-0.3, -0.25) is 10.1 Å². The molecule has 6 nitrogen and oxygen atoms in total. The van der Waals surface area contributed by atoms with Gasteiger partial charge in [0.2, 0.25) is 5.91 Å². The van der Waals surface area contributed by atoms with Gasteiger partial charge < -0.3 is 14.4 Å². The van der Waals surface area contributed by atoms with Gasteiger partial charge in [-0.05, 0) is 26.8 Å². The molecule has 106 valence electrons. The van der Waals surface area contributed by atoms with Crippen molar-refractivity contribution in [1.82, 2.24) is 10.2 Å². The van der Waals surface area contributed by atoms with Gasteiger partial charge in [0, 0.05) is 13.1 Å². The summed E-state index contributed by atoms with van der Waals surface area (Å²) in [6.45, 7) is 7.12. The predicted octanol–water partition coefficient (Wildman–Crippen LogP) is 1.32. The fourth-order valence-corrected chi connectivity index (χ4v) is 1.81. The monoisotopic (exact) mass is 268 g/mol. The maximum atomic E-state index is 12.0. The predicted molar refractivity (Wildman–Crippen MR) is 69.9 cm³/mol. The van der Waals surface area contributed by atoms with Crippen LogP contribution >= 0.6 is 0 Å². The molecular formula is C13H20N2O4. The molecule has 0 radical (unpaired) electrons. The van der Waals surface area contributed by atoms with Crippen LogP contribution < -0.4 is 5.32 Å². The van der Waals surface area contributed by atoms with Crippen LogP contribution in [0.5, 0.6) is 0 Å². The Labute approximate surface area is 112 Å². The average molecular weight is 268 g/mol. The van der Waals surface area contributed by atoms with Crippen LogP contribution in [0.1, 0.15) is 36.9 Å². The van der Waals surface area contributed by atoms with Gasteiger partial charge in [0.05, 0.1) is 18.8 Å². The topological polar surface area (TPSA) is 82.8 Å². The Kier molecular flexibility index (Phi) is 5.57. The minimum Gasteiger partial charge on any atom is -0.478 e. The number of carboxylic acid groups (broad SMARTS) is 1. The number of carboxylic acids is 1. The molecule has 2 N–H and O–H groups in total. The summed E-state index contributed by atoms with van der Waals surface area (Å²) >= 11 is 0. The molecule has 1 atom stereocenters. The average Bonchev–Trinajstić information content (AvgIpc) is 2.85. The molecule has 1 aromatic rings. The first-order chi connectivity index (χ1) is 9.01. The number of hydrogen-bond donors (Lipinski definition) is 2. The summed E-state index contributed by atoms with van der Waals surface area (Å²) < 4.78 is 5.10. The highest BCUT2D eigenvalue weighted by Crippen LogP contribution is 2.10. The first-order valence-corrected chi connectivity index (χ1v) is 6.33. The molecule has 1 rings (SSSR count). The molecule has 1 aromatic heterocycles. The van der Waals surface area contributed by atoms with Gasteiger partial charge in [0.25, 0.3) is 0 Å². The van der Waals surface area contributed by atoms with Crippen molar-refractivity contribution in [2.45, 2.75) is 33.4 Å². The molecule has 0 aromatic carbocycles. The Bertz CT molecular complexity index is 438. The van der Waals surface area contributed by atoms with Crippen molar-refractivity contribution < 1.29 is 19.1 Å². The Balaban J connectivity index is 2.59. The largest absolute Gasteiger partial charge is 0.478 e. The number of hydrogen-bond acceptors (Lipinski definition) is 4. The first-order valence-electron chi connectivity index (χ1n) is 6.33. The molecule has 1 unspecified atom stereocenters. The lowest BCUT2D eigenvalue weighted by Gasteiger charge is -2.23. The van der Waals surface area contributed by atoms with E-state index in [-0.39, 0.29) is 24.1 Å². The number of furan rings is 1. The van der Waals surface area contributed by atoms with Gasteiger partial charge in [-0.25, -0.2) is 4.79 Å². The van der Waals surface area contributed by atoms with Crippen molar-refractivity contribution in [2.75, 3.05) is 13.1 Å². The van der Waals surface area contributed by atoms with Crippen molar-refractivity contribution in [2.24, 2.45) is 0 Å². The van der Waals surface area contributed by atoms with Gasteiger partial charge in [-0.1, -0.05) is 0 Å². The highest BCUT2D eigenvalue weighted by atomic mass is 16.4. The third-order valence-electron chi connectivity index (χ3n) is 2.99. The zero-order valence-electron chi connectivity index (χ0n) is 11.5. The number of nitrogens with one attached hydrogen (secondary N) is 1. The molecule has 0 saturated heterocycles. The maximum absolute atomic E-state index is 12.0. The van der Waals surface area contributed by atoms with E-state index in [0.717, 1.165) is 0 Å².